The standard InChI is InChI=1S/C24H31N3O4/c1-5-12-27(24(29)22-9-7-14-30-22)15-19-8-6-13-26(19)16-20-10-11-21(31-20)23(28)25-18(4)17(2)3/h6-11,13-14,17-18H,5,12,15-16H2,1-4H3,(H,25,28)/t18-/m1/s1. The number of hydrogen-bond donors (Lipinski definition) is 1. The average molecular weight is 426 g/mol. The number of aromatic nitrogens is 1. The molecule has 0 aliphatic rings. The molecule has 0 aliphatic heterocycles. The highest BCUT2D eigenvalue weighted by atomic mass is 16.4. The Morgan fingerprint density at radius 1 is 1.10 bits per heavy atom. The maximum absolute atomic E-state index is 12.8. The summed E-state index contributed by atoms with van der Waals surface area (Å²) in [5, 5.41) is 2.95. The summed E-state index contributed by atoms with van der Waals surface area (Å²) in [5.74, 6) is 1.32. The molecule has 0 radical (unpaired) electrons. The Morgan fingerprint density at radius 3 is 2.58 bits per heavy atom. The molecule has 3 rings (SSSR count). The molecule has 0 aliphatic carbocycles. The van der Waals surface area contributed by atoms with Gasteiger partial charge in [-0.25, -0.2) is 0 Å². The number of amides is 2. The molecule has 3 aromatic rings. The second-order valence-electron chi connectivity index (χ2n) is 8.10. The minimum atomic E-state index is -0.210. The molecule has 0 saturated heterocycles. The van der Waals surface area contributed by atoms with Gasteiger partial charge in [-0.3, -0.25) is 9.59 Å². The van der Waals surface area contributed by atoms with E-state index in [0.29, 0.717) is 42.8 Å². The van der Waals surface area contributed by atoms with Crippen LogP contribution in [0.3, 0.4) is 0 Å². The first kappa shape index (κ1) is 22.5. The molecule has 0 spiro atoms. The van der Waals surface area contributed by atoms with Crippen LogP contribution in [0.25, 0.3) is 0 Å². The molecule has 0 bridgehead atoms. The number of nitrogens with one attached hydrogen (secondary N) is 1. The molecule has 1 atom stereocenters. The summed E-state index contributed by atoms with van der Waals surface area (Å²) in [4.78, 5) is 26.9. The Kier molecular flexibility index (Phi) is 7.39. The first-order valence-corrected chi connectivity index (χ1v) is 10.8. The molecule has 7 heteroatoms. The lowest BCUT2D eigenvalue weighted by atomic mass is 10.1. The molecule has 2 amide bonds. The van der Waals surface area contributed by atoms with Crippen molar-refractivity contribution in [1.29, 1.82) is 0 Å². The zero-order chi connectivity index (χ0) is 22.4. The summed E-state index contributed by atoms with van der Waals surface area (Å²) in [7, 11) is 0. The van der Waals surface area contributed by atoms with Gasteiger partial charge < -0.3 is 23.6 Å². The number of hydrogen-bond acceptors (Lipinski definition) is 4. The largest absolute Gasteiger partial charge is 0.459 e. The fraction of sp³-hybridized carbons (Fsp3) is 0.417. The third-order valence-corrected chi connectivity index (χ3v) is 5.36. The summed E-state index contributed by atoms with van der Waals surface area (Å²) >= 11 is 0. The third-order valence-electron chi connectivity index (χ3n) is 5.36. The maximum Gasteiger partial charge on any atom is 0.289 e. The van der Waals surface area contributed by atoms with Crippen LogP contribution in [-0.2, 0) is 13.1 Å². The number of carbonyl (C=O) groups is 2. The molecule has 0 aromatic carbocycles. The number of rotatable bonds is 10. The molecule has 0 unspecified atom stereocenters. The van der Waals surface area contributed by atoms with E-state index in [0.717, 1.165) is 12.1 Å². The molecule has 7 nitrogen and oxygen atoms in total. The van der Waals surface area contributed by atoms with Gasteiger partial charge in [0.2, 0.25) is 0 Å². The molecule has 31 heavy (non-hydrogen) atoms. The van der Waals surface area contributed by atoms with Crippen molar-refractivity contribution in [3.05, 3.63) is 71.8 Å². The van der Waals surface area contributed by atoms with Gasteiger partial charge in [-0.2, -0.15) is 0 Å². The smallest absolute Gasteiger partial charge is 0.289 e. The highest BCUT2D eigenvalue weighted by molar-refractivity contribution is 5.92. The van der Waals surface area contributed by atoms with Crippen molar-refractivity contribution in [2.75, 3.05) is 6.54 Å². The monoisotopic (exact) mass is 425 g/mol. The molecular formula is C24H31N3O4. The fourth-order valence-corrected chi connectivity index (χ4v) is 3.22. The van der Waals surface area contributed by atoms with E-state index >= 15 is 0 Å². The lowest BCUT2D eigenvalue weighted by Crippen LogP contribution is -2.35. The zero-order valence-corrected chi connectivity index (χ0v) is 18.6. The van der Waals surface area contributed by atoms with Crippen LogP contribution in [0, 0.1) is 5.92 Å². The van der Waals surface area contributed by atoms with Crippen LogP contribution in [-0.4, -0.2) is 33.9 Å². The van der Waals surface area contributed by atoms with E-state index in [-0.39, 0.29) is 17.9 Å². The predicted molar refractivity (Wildman–Crippen MR) is 118 cm³/mol. The van der Waals surface area contributed by atoms with Gasteiger partial charge in [-0.15, -0.1) is 0 Å². The van der Waals surface area contributed by atoms with E-state index in [1.807, 2.05) is 42.8 Å². The Balaban J connectivity index is 1.68. The van der Waals surface area contributed by atoms with Crippen molar-refractivity contribution in [1.82, 2.24) is 14.8 Å². The summed E-state index contributed by atoms with van der Waals surface area (Å²) in [6, 6.07) is 10.9. The fourth-order valence-electron chi connectivity index (χ4n) is 3.22. The van der Waals surface area contributed by atoms with E-state index in [1.54, 1.807) is 23.1 Å². The highest BCUT2D eigenvalue weighted by Crippen LogP contribution is 2.16. The lowest BCUT2D eigenvalue weighted by molar-refractivity contribution is 0.0707. The van der Waals surface area contributed by atoms with Crippen LogP contribution in [0.15, 0.2) is 57.7 Å². The minimum absolute atomic E-state index is 0.0633. The van der Waals surface area contributed by atoms with E-state index in [2.05, 4.69) is 19.2 Å². The second kappa shape index (κ2) is 10.2. The number of nitrogens with zero attached hydrogens (tertiary/aromatic N) is 2. The van der Waals surface area contributed by atoms with Gasteiger partial charge in [0.15, 0.2) is 11.5 Å². The molecule has 0 saturated carbocycles. The van der Waals surface area contributed by atoms with Gasteiger partial charge in [0, 0.05) is 24.5 Å². The van der Waals surface area contributed by atoms with Crippen LogP contribution in [0.4, 0.5) is 0 Å². The third kappa shape index (κ3) is 5.69. The summed E-state index contributed by atoms with van der Waals surface area (Å²) in [5.41, 5.74) is 0.976. The van der Waals surface area contributed by atoms with Crippen molar-refractivity contribution in [3.63, 3.8) is 0 Å². The van der Waals surface area contributed by atoms with Crippen molar-refractivity contribution in [2.45, 2.75) is 53.2 Å². The van der Waals surface area contributed by atoms with Gasteiger partial charge in [0.05, 0.1) is 19.4 Å². The van der Waals surface area contributed by atoms with Crippen molar-refractivity contribution >= 4 is 11.8 Å². The molecule has 3 heterocycles. The van der Waals surface area contributed by atoms with Gasteiger partial charge in [0.1, 0.15) is 5.76 Å². The zero-order valence-electron chi connectivity index (χ0n) is 18.6. The maximum atomic E-state index is 12.8. The lowest BCUT2D eigenvalue weighted by Gasteiger charge is -2.22. The Morgan fingerprint density at radius 2 is 1.90 bits per heavy atom. The topological polar surface area (TPSA) is 80.6 Å². The predicted octanol–water partition coefficient (Wildman–Crippen LogP) is 4.55. The Labute approximate surface area is 183 Å². The molecule has 166 valence electrons. The van der Waals surface area contributed by atoms with E-state index in [4.69, 9.17) is 8.83 Å². The molecule has 1 N–H and O–H groups in total. The molecule has 3 aromatic heterocycles. The van der Waals surface area contributed by atoms with Crippen LogP contribution in [0.2, 0.25) is 0 Å². The summed E-state index contributed by atoms with van der Waals surface area (Å²) in [6.07, 6.45) is 4.30. The highest BCUT2D eigenvalue weighted by Gasteiger charge is 2.20. The van der Waals surface area contributed by atoms with E-state index < -0.39 is 0 Å². The van der Waals surface area contributed by atoms with Crippen molar-refractivity contribution in [2.24, 2.45) is 5.92 Å². The molecular weight excluding hydrogens is 394 g/mol. The minimum Gasteiger partial charge on any atom is -0.459 e. The first-order valence-electron chi connectivity index (χ1n) is 10.8. The van der Waals surface area contributed by atoms with Gasteiger partial charge in [-0.05, 0) is 55.7 Å². The van der Waals surface area contributed by atoms with Crippen LogP contribution >= 0.6 is 0 Å². The first-order chi connectivity index (χ1) is 14.9. The Hall–Kier alpha value is -3.22. The summed E-state index contributed by atoms with van der Waals surface area (Å²) < 4.78 is 13.1. The van der Waals surface area contributed by atoms with Crippen molar-refractivity contribution in [3.8, 4) is 0 Å². The van der Waals surface area contributed by atoms with E-state index in [1.165, 1.54) is 6.26 Å². The van der Waals surface area contributed by atoms with Gasteiger partial charge in [0.25, 0.3) is 11.8 Å². The van der Waals surface area contributed by atoms with Crippen LogP contribution in [0.1, 0.15) is 66.7 Å². The van der Waals surface area contributed by atoms with E-state index in [9.17, 15) is 9.59 Å². The van der Waals surface area contributed by atoms with Crippen LogP contribution in [0.5, 0.6) is 0 Å². The Bertz CT molecular complexity index is 984. The van der Waals surface area contributed by atoms with Gasteiger partial charge in [-0.1, -0.05) is 20.8 Å². The van der Waals surface area contributed by atoms with Crippen LogP contribution < -0.4 is 5.32 Å². The number of carbonyl (C=O) groups excluding carboxylic acids is 2. The average Bonchev–Trinajstić information content (AvgIpc) is 3.50. The summed E-state index contributed by atoms with van der Waals surface area (Å²) in [6.45, 7) is 9.70. The second-order valence-corrected chi connectivity index (χ2v) is 8.10. The SMILES string of the molecule is CCCN(Cc1cccn1Cc1ccc(C(=O)N[C@H](C)C(C)C)o1)C(=O)c1ccco1. The molecule has 0 fully saturated rings. The number of furan rings is 2. The van der Waals surface area contributed by atoms with Crippen molar-refractivity contribution < 1.29 is 18.4 Å². The normalized spacial score (nSPS) is 12.2. The quantitative estimate of drug-likeness (QED) is 0.517. The van der Waals surface area contributed by atoms with Gasteiger partial charge >= 0.3 is 0 Å².